The molecule has 2 rings (SSSR count). The predicted octanol–water partition coefficient (Wildman–Crippen LogP) is 1.20. The predicted molar refractivity (Wildman–Crippen MR) is 74.6 cm³/mol. The molecule has 2 aromatic rings. The van der Waals surface area contributed by atoms with Crippen molar-refractivity contribution in [3.05, 3.63) is 36.0 Å². The maximum atomic E-state index is 11.8. The fourth-order valence-electron chi connectivity index (χ4n) is 1.69. The highest BCUT2D eigenvalue weighted by molar-refractivity contribution is 5.93. The Bertz CT molecular complexity index is 578. The molecular weight excluding hydrogens is 258 g/mol. The fraction of sp³-hybridized carbons (Fsp3) is 0.286. The SMILES string of the molecule is COc1ccc(-c2cc(C(=O)NC(C)CO)[nH]n2)cc1. The molecule has 0 bridgehead atoms. The number of nitrogens with one attached hydrogen (secondary N) is 2. The highest BCUT2D eigenvalue weighted by Gasteiger charge is 2.13. The maximum absolute atomic E-state index is 11.8. The molecule has 6 nitrogen and oxygen atoms in total. The summed E-state index contributed by atoms with van der Waals surface area (Å²) in [4.78, 5) is 11.8. The Balaban J connectivity index is 2.13. The van der Waals surface area contributed by atoms with Crippen LogP contribution in [-0.4, -0.2) is 41.0 Å². The number of carbonyl (C=O) groups excluding carboxylic acids is 1. The Morgan fingerprint density at radius 2 is 2.15 bits per heavy atom. The van der Waals surface area contributed by atoms with Crippen LogP contribution in [0, 0.1) is 0 Å². The first kappa shape index (κ1) is 14.1. The van der Waals surface area contributed by atoms with E-state index in [0.717, 1.165) is 11.3 Å². The highest BCUT2D eigenvalue weighted by Crippen LogP contribution is 2.21. The van der Waals surface area contributed by atoms with E-state index in [-0.39, 0.29) is 18.6 Å². The summed E-state index contributed by atoms with van der Waals surface area (Å²) in [5, 5.41) is 18.4. The lowest BCUT2D eigenvalue weighted by atomic mass is 10.1. The number of aromatic nitrogens is 2. The normalized spacial score (nSPS) is 11.9. The van der Waals surface area contributed by atoms with Crippen LogP contribution in [0.3, 0.4) is 0 Å². The van der Waals surface area contributed by atoms with Crippen molar-refractivity contribution in [2.75, 3.05) is 13.7 Å². The summed E-state index contributed by atoms with van der Waals surface area (Å²) < 4.78 is 5.09. The number of aliphatic hydroxyl groups is 1. The molecule has 1 atom stereocenters. The number of ether oxygens (including phenoxy) is 1. The molecule has 6 heteroatoms. The molecule has 0 saturated heterocycles. The zero-order chi connectivity index (χ0) is 14.5. The highest BCUT2D eigenvalue weighted by atomic mass is 16.5. The first-order valence-electron chi connectivity index (χ1n) is 6.25. The smallest absolute Gasteiger partial charge is 0.269 e. The molecule has 0 aliphatic heterocycles. The average molecular weight is 275 g/mol. The van der Waals surface area contributed by atoms with E-state index >= 15 is 0 Å². The van der Waals surface area contributed by atoms with Crippen molar-refractivity contribution in [2.24, 2.45) is 0 Å². The van der Waals surface area contributed by atoms with Crippen LogP contribution in [0.5, 0.6) is 5.75 Å². The van der Waals surface area contributed by atoms with Gasteiger partial charge in [-0.25, -0.2) is 0 Å². The number of hydrogen-bond donors (Lipinski definition) is 3. The minimum atomic E-state index is -0.296. The summed E-state index contributed by atoms with van der Waals surface area (Å²) in [5.41, 5.74) is 1.92. The Morgan fingerprint density at radius 1 is 1.45 bits per heavy atom. The molecule has 0 fully saturated rings. The van der Waals surface area contributed by atoms with Gasteiger partial charge >= 0.3 is 0 Å². The molecule has 1 heterocycles. The van der Waals surface area contributed by atoms with Crippen molar-refractivity contribution in [1.82, 2.24) is 15.5 Å². The second-order valence-electron chi connectivity index (χ2n) is 4.45. The Morgan fingerprint density at radius 3 is 2.75 bits per heavy atom. The van der Waals surface area contributed by atoms with Crippen molar-refractivity contribution in [3.8, 4) is 17.0 Å². The number of methoxy groups -OCH3 is 1. The second-order valence-corrected chi connectivity index (χ2v) is 4.45. The third-order valence-corrected chi connectivity index (χ3v) is 2.86. The zero-order valence-corrected chi connectivity index (χ0v) is 11.4. The van der Waals surface area contributed by atoms with E-state index in [1.807, 2.05) is 24.3 Å². The van der Waals surface area contributed by atoms with Gasteiger partial charge < -0.3 is 15.2 Å². The van der Waals surface area contributed by atoms with E-state index in [4.69, 9.17) is 9.84 Å². The van der Waals surface area contributed by atoms with Crippen LogP contribution in [0.25, 0.3) is 11.3 Å². The molecule has 1 amide bonds. The summed E-state index contributed by atoms with van der Waals surface area (Å²) in [6.07, 6.45) is 0. The maximum Gasteiger partial charge on any atom is 0.269 e. The van der Waals surface area contributed by atoms with Gasteiger partial charge in [-0.2, -0.15) is 5.10 Å². The van der Waals surface area contributed by atoms with Crippen LogP contribution in [0.15, 0.2) is 30.3 Å². The number of H-pyrrole nitrogens is 1. The number of rotatable bonds is 5. The molecule has 1 aromatic carbocycles. The van der Waals surface area contributed by atoms with Crippen LogP contribution >= 0.6 is 0 Å². The van der Waals surface area contributed by atoms with Crippen molar-refractivity contribution < 1.29 is 14.6 Å². The largest absolute Gasteiger partial charge is 0.497 e. The molecule has 0 saturated carbocycles. The number of aliphatic hydroxyl groups excluding tert-OH is 1. The minimum absolute atomic E-state index is 0.106. The van der Waals surface area contributed by atoms with E-state index in [0.29, 0.717) is 11.4 Å². The molecule has 1 unspecified atom stereocenters. The lowest BCUT2D eigenvalue weighted by Crippen LogP contribution is -2.35. The van der Waals surface area contributed by atoms with Crippen LogP contribution in [0.1, 0.15) is 17.4 Å². The molecule has 0 radical (unpaired) electrons. The van der Waals surface area contributed by atoms with Crippen molar-refractivity contribution >= 4 is 5.91 Å². The van der Waals surface area contributed by atoms with Gasteiger partial charge in [0.2, 0.25) is 0 Å². The van der Waals surface area contributed by atoms with E-state index < -0.39 is 0 Å². The molecule has 0 aliphatic carbocycles. The second kappa shape index (κ2) is 6.21. The first-order valence-corrected chi connectivity index (χ1v) is 6.25. The Hall–Kier alpha value is -2.34. The molecule has 0 aliphatic rings. The van der Waals surface area contributed by atoms with E-state index in [9.17, 15) is 4.79 Å². The third kappa shape index (κ3) is 3.16. The topological polar surface area (TPSA) is 87.2 Å². The van der Waals surface area contributed by atoms with Crippen molar-refractivity contribution in [1.29, 1.82) is 0 Å². The number of nitrogens with zero attached hydrogens (tertiary/aromatic N) is 1. The summed E-state index contributed by atoms with van der Waals surface area (Å²) >= 11 is 0. The minimum Gasteiger partial charge on any atom is -0.497 e. The summed E-state index contributed by atoms with van der Waals surface area (Å²) in [6, 6.07) is 8.77. The van der Waals surface area contributed by atoms with Gasteiger partial charge in [-0.1, -0.05) is 0 Å². The van der Waals surface area contributed by atoms with Crippen LogP contribution in [0.2, 0.25) is 0 Å². The van der Waals surface area contributed by atoms with Gasteiger partial charge in [-0.15, -0.1) is 0 Å². The number of aromatic amines is 1. The lowest BCUT2D eigenvalue weighted by molar-refractivity contribution is 0.0917. The quantitative estimate of drug-likeness (QED) is 0.765. The van der Waals surface area contributed by atoms with Crippen LogP contribution in [0.4, 0.5) is 0 Å². The van der Waals surface area contributed by atoms with Gasteiger partial charge in [0.15, 0.2) is 0 Å². The number of carbonyl (C=O) groups is 1. The summed E-state index contributed by atoms with van der Waals surface area (Å²) in [6.45, 7) is 1.61. The molecule has 20 heavy (non-hydrogen) atoms. The Labute approximate surface area is 116 Å². The van der Waals surface area contributed by atoms with Crippen molar-refractivity contribution in [2.45, 2.75) is 13.0 Å². The molecule has 3 N–H and O–H groups in total. The zero-order valence-electron chi connectivity index (χ0n) is 11.4. The summed E-state index contributed by atoms with van der Waals surface area (Å²) in [7, 11) is 1.61. The van der Waals surface area contributed by atoms with Crippen molar-refractivity contribution in [3.63, 3.8) is 0 Å². The van der Waals surface area contributed by atoms with Gasteiger partial charge in [0, 0.05) is 11.6 Å². The number of amides is 1. The van der Waals surface area contributed by atoms with Gasteiger partial charge in [0.1, 0.15) is 11.4 Å². The van der Waals surface area contributed by atoms with E-state index in [2.05, 4.69) is 15.5 Å². The fourth-order valence-corrected chi connectivity index (χ4v) is 1.69. The van der Waals surface area contributed by atoms with Crippen LogP contribution in [-0.2, 0) is 0 Å². The van der Waals surface area contributed by atoms with Gasteiger partial charge in [0.05, 0.1) is 19.4 Å². The lowest BCUT2D eigenvalue weighted by Gasteiger charge is -2.08. The van der Waals surface area contributed by atoms with Crippen LogP contribution < -0.4 is 10.1 Å². The standard InChI is InChI=1S/C14H17N3O3/c1-9(8-18)15-14(19)13-7-12(16-17-13)10-3-5-11(20-2)6-4-10/h3-7,9,18H,8H2,1-2H3,(H,15,19)(H,16,17). The molecule has 0 spiro atoms. The van der Waals surface area contributed by atoms with E-state index in [1.54, 1.807) is 20.1 Å². The Kier molecular flexibility index (Phi) is 4.37. The molecular formula is C14H17N3O3. The van der Waals surface area contributed by atoms with E-state index in [1.165, 1.54) is 0 Å². The monoisotopic (exact) mass is 275 g/mol. The average Bonchev–Trinajstić information content (AvgIpc) is 2.97. The summed E-state index contributed by atoms with van der Waals surface area (Å²) in [5.74, 6) is 0.470. The number of hydrogen-bond acceptors (Lipinski definition) is 4. The van der Waals surface area contributed by atoms with Gasteiger partial charge in [-0.05, 0) is 37.3 Å². The molecule has 106 valence electrons. The first-order chi connectivity index (χ1) is 9.63. The number of benzene rings is 1. The van der Waals surface area contributed by atoms with Gasteiger partial charge in [0.25, 0.3) is 5.91 Å². The molecule has 1 aromatic heterocycles. The third-order valence-electron chi connectivity index (χ3n) is 2.86. The van der Waals surface area contributed by atoms with Gasteiger partial charge in [-0.3, -0.25) is 9.89 Å².